The van der Waals surface area contributed by atoms with Crippen LogP contribution in [0, 0.1) is 5.92 Å². The Balaban J connectivity index is 1.77. The molecule has 2 aromatic rings. The maximum atomic E-state index is 5.74. The molecule has 0 spiro atoms. The van der Waals surface area contributed by atoms with Crippen molar-refractivity contribution < 1.29 is 4.74 Å². The first kappa shape index (κ1) is 14.1. The molecule has 0 radical (unpaired) electrons. The van der Waals surface area contributed by atoms with E-state index in [4.69, 9.17) is 4.74 Å². The largest absolute Gasteiger partial charge is 0.488 e. The van der Waals surface area contributed by atoms with Crippen molar-refractivity contribution in [3.8, 4) is 5.75 Å². The average Bonchev–Trinajstić information content (AvgIpc) is 2.85. The lowest BCUT2D eigenvalue weighted by molar-refractivity contribution is 0.310. The monoisotopic (exact) mass is 275 g/mol. The number of nitrogens with one attached hydrogen (secondary N) is 1. The van der Waals surface area contributed by atoms with Crippen LogP contribution in [0.25, 0.3) is 0 Å². The molecule has 3 heteroatoms. The van der Waals surface area contributed by atoms with Crippen molar-refractivity contribution in [2.45, 2.75) is 27.0 Å². The average molecular weight is 275 g/mol. The van der Waals surface area contributed by atoms with Crippen LogP contribution in [-0.4, -0.2) is 6.54 Å². The van der Waals surface area contributed by atoms with Gasteiger partial charge in [-0.2, -0.15) is 0 Å². The third-order valence-corrected chi connectivity index (χ3v) is 3.75. The third kappa shape index (κ3) is 5.05. The standard InChI is InChI=1S/C16H21NOS/c1-13(2)10-17-11-15-8-9-16(19-15)12-18-14-6-4-3-5-7-14/h3-9,13,17H,10-12H2,1-2H3. The second kappa shape index (κ2) is 7.31. The molecule has 102 valence electrons. The van der Waals surface area contributed by atoms with E-state index >= 15 is 0 Å². The molecule has 2 rings (SSSR count). The molecule has 0 bridgehead atoms. The summed E-state index contributed by atoms with van der Waals surface area (Å²) in [4.78, 5) is 2.64. The molecule has 1 aromatic heterocycles. The van der Waals surface area contributed by atoms with Crippen LogP contribution in [0.3, 0.4) is 0 Å². The zero-order valence-corrected chi connectivity index (χ0v) is 12.4. The Kier molecular flexibility index (Phi) is 5.43. The van der Waals surface area contributed by atoms with Gasteiger partial charge in [-0.3, -0.25) is 0 Å². The van der Waals surface area contributed by atoms with Gasteiger partial charge in [0.25, 0.3) is 0 Å². The maximum Gasteiger partial charge on any atom is 0.122 e. The fourth-order valence-electron chi connectivity index (χ4n) is 1.75. The highest BCUT2D eigenvalue weighted by Gasteiger charge is 2.02. The van der Waals surface area contributed by atoms with Crippen molar-refractivity contribution in [2.24, 2.45) is 5.92 Å². The third-order valence-electron chi connectivity index (χ3n) is 2.69. The van der Waals surface area contributed by atoms with Crippen LogP contribution in [0.2, 0.25) is 0 Å². The number of hydrogen-bond acceptors (Lipinski definition) is 3. The van der Waals surface area contributed by atoms with E-state index in [0.717, 1.165) is 18.8 Å². The van der Waals surface area contributed by atoms with Crippen molar-refractivity contribution in [3.05, 3.63) is 52.2 Å². The lowest BCUT2D eigenvalue weighted by Gasteiger charge is -2.05. The Morgan fingerprint density at radius 1 is 1.05 bits per heavy atom. The summed E-state index contributed by atoms with van der Waals surface area (Å²) < 4.78 is 5.74. The number of ether oxygens (including phenoxy) is 1. The maximum absolute atomic E-state index is 5.74. The molecular weight excluding hydrogens is 254 g/mol. The van der Waals surface area contributed by atoms with E-state index in [1.165, 1.54) is 9.75 Å². The van der Waals surface area contributed by atoms with Crippen LogP contribution in [0.15, 0.2) is 42.5 Å². The lowest BCUT2D eigenvalue weighted by atomic mass is 10.2. The van der Waals surface area contributed by atoms with E-state index in [-0.39, 0.29) is 0 Å². The second-order valence-electron chi connectivity index (χ2n) is 4.99. The topological polar surface area (TPSA) is 21.3 Å². The van der Waals surface area contributed by atoms with Gasteiger partial charge in [0, 0.05) is 16.3 Å². The van der Waals surface area contributed by atoms with Gasteiger partial charge in [-0.25, -0.2) is 0 Å². The van der Waals surface area contributed by atoms with E-state index in [1.807, 2.05) is 41.7 Å². The van der Waals surface area contributed by atoms with Gasteiger partial charge in [0.15, 0.2) is 0 Å². The Hall–Kier alpha value is -1.32. The minimum absolute atomic E-state index is 0.652. The normalized spacial score (nSPS) is 10.9. The smallest absolute Gasteiger partial charge is 0.122 e. The molecule has 0 atom stereocenters. The highest BCUT2D eigenvalue weighted by Crippen LogP contribution is 2.19. The van der Waals surface area contributed by atoms with E-state index in [2.05, 4.69) is 31.3 Å². The summed E-state index contributed by atoms with van der Waals surface area (Å²) in [5.41, 5.74) is 0. The van der Waals surface area contributed by atoms with Crippen LogP contribution in [-0.2, 0) is 13.2 Å². The van der Waals surface area contributed by atoms with E-state index in [1.54, 1.807) is 0 Å². The first-order chi connectivity index (χ1) is 9.24. The zero-order chi connectivity index (χ0) is 13.5. The molecule has 1 aromatic carbocycles. The number of rotatable bonds is 7. The summed E-state index contributed by atoms with van der Waals surface area (Å²) in [6.45, 7) is 7.11. The van der Waals surface area contributed by atoms with Crippen LogP contribution in [0.4, 0.5) is 0 Å². The summed E-state index contributed by atoms with van der Waals surface area (Å²) in [6, 6.07) is 14.3. The molecule has 2 nitrogen and oxygen atoms in total. The molecule has 0 amide bonds. The van der Waals surface area contributed by atoms with Gasteiger partial charge in [-0.05, 0) is 36.7 Å². The van der Waals surface area contributed by atoms with Gasteiger partial charge < -0.3 is 10.1 Å². The molecule has 0 unspecified atom stereocenters. The van der Waals surface area contributed by atoms with Crippen LogP contribution in [0.1, 0.15) is 23.6 Å². The van der Waals surface area contributed by atoms with Gasteiger partial charge in [0.2, 0.25) is 0 Å². The zero-order valence-electron chi connectivity index (χ0n) is 11.6. The van der Waals surface area contributed by atoms with E-state index < -0.39 is 0 Å². The Bertz CT molecular complexity index is 479. The second-order valence-corrected chi connectivity index (χ2v) is 6.25. The molecule has 0 aliphatic heterocycles. The molecule has 0 saturated carbocycles. The number of para-hydroxylation sites is 1. The first-order valence-electron chi connectivity index (χ1n) is 6.70. The van der Waals surface area contributed by atoms with Crippen LogP contribution in [0.5, 0.6) is 5.75 Å². The predicted octanol–water partition coefficient (Wildman–Crippen LogP) is 4.07. The van der Waals surface area contributed by atoms with Gasteiger partial charge in [0.05, 0.1) is 0 Å². The van der Waals surface area contributed by atoms with Crippen molar-refractivity contribution in [3.63, 3.8) is 0 Å². The lowest BCUT2D eigenvalue weighted by Crippen LogP contribution is -2.18. The summed E-state index contributed by atoms with van der Waals surface area (Å²) >= 11 is 1.82. The predicted molar refractivity (Wildman–Crippen MR) is 81.6 cm³/mol. The number of hydrogen-bond donors (Lipinski definition) is 1. The van der Waals surface area contributed by atoms with Crippen LogP contribution < -0.4 is 10.1 Å². The quantitative estimate of drug-likeness (QED) is 0.822. The molecule has 1 N–H and O–H groups in total. The van der Waals surface area contributed by atoms with Gasteiger partial charge in [-0.1, -0.05) is 32.0 Å². The molecule has 0 aliphatic rings. The highest BCUT2D eigenvalue weighted by atomic mass is 32.1. The van der Waals surface area contributed by atoms with Gasteiger partial charge >= 0.3 is 0 Å². The number of thiophene rings is 1. The molecule has 0 saturated heterocycles. The van der Waals surface area contributed by atoms with Crippen LogP contribution >= 0.6 is 11.3 Å². The molecule has 0 aliphatic carbocycles. The first-order valence-corrected chi connectivity index (χ1v) is 7.52. The highest BCUT2D eigenvalue weighted by molar-refractivity contribution is 7.11. The number of benzene rings is 1. The Labute approximate surface area is 119 Å². The Morgan fingerprint density at radius 3 is 2.53 bits per heavy atom. The summed E-state index contributed by atoms with van der Waals surface area (Å²) in [7, 11) is 0. The van der Waals surface area contributed by atoms with Crippen molar-refractivity contribution in [1.29, 1.82) is 0 Å². The molecular formula is C16H21NOS. The fourth-order valence-corrected chi connectivity index (χ4v) is 2.65. The van der Waals surface area contributed by atoms with Crippen molar-refractivity contribution in [2.75, 3.05) is 6.54 Å². The summed E-state index contributed by atoms with van der Waals surface area (Å²) in [5.74, 6) is 1.62. The van der Waals surface area contributed by atoms with Crippen molar-refractivity contribution >= 4 is 11.3 Å². The van der Waals surface area contributed by atoms with Crippen molar-refractivity contribution in [1.82, 2.24) is 5.32 Å². The van der Waals surface area contributed by atoms with E-state index in [0.29, 0.717) is 12.5 Å². The van der Waals surface area contributed by atoms with Gasteiger partial charge in [-0.15, -0.1) is 11.3 Å². The molecule has 0 fully saturated rings. The fraction of sp³-hybridized carbons (Fsp3) is 0.375. The SMILES string of the molecule is CC(C)CNCc1ccc(COc2ccccc2)s1. The Morgan fingerprint density at radius 2 is 1.79 bits per heavy atom. The molecule has 1 heterocycles. The van der Waals surface area contributed by atoms with Gasteiger partial charge in [0.1, 0.15) is 12.4 Å². The molecule has 19 heavy (non-hydrogen) atoms. The summed E-state index contributed by atoms with van der Waals surface area (Å²) in [5, 5.41) is 3.46. The van der Waals surface area contributed by atoms with E-state index in [9.17, 15) is 0 Å². The summed E-state index contributed by atoms with van der Waals surface area (Å²) in [6.07, 6.45) is 0. The minimum atomic E-state index is 0.652. The minimum Gasteiger partial charge on any atom is -0.488 e.